The van der Waals surface area contributed by atoms with E-state index in [-0.39, 0.29) is 22.1 Å². The molecule has 30 heavy (non-hydrogen) atoms. The molecule has 0 aliphatic heterocycles. The number of nitrogens with one attached hydrogen (secondary N) is 1. The van der Waals surface area contributed by atoms with Gasteiger partial charge in [0.1, 0.15) is 5.75 Å². The van der Waals surface area contributed by atoms with Crippen molar-refractivity contribution >= 4 is 27.3 Å². The summed E-state index contributed by atoms with van der Waals surface area (Å²) < 4.78 is 76.1. The minimum absolute atomic E-state index is 0.128. The molecule has 2 aromatic carbocycles. The molecule has 3 aromatic rings. The zero-order chi connectivity index (χ0) is 21.9. The van der Waals surface area contributed by atoms with Crippen LogP contribution in [0.15, 0.2) is 65.8 Å². The Labute approximate surface area is 175 Å². The fraction of sp³-hybridized carbons (Fsp3) is 0.105. The first-order valence-electron chi connectivity index (χ1n) is 8.25. The Morgan fingerprint density at radius 2 is 1.70 bits per heavy atom. The molecule has 1 aromatic heterocycles. The van der Waals surface area contributed by atoms with Gasteiger partial charge < -0.3 is 9.47 Å². The van der Waals surface area contributed by atoms with Crippen molar-refractivity contribution in [2.45, 2.75) is 11.1 Å². The number of rotatable bonds is 6. The number of nitrogens with zero attached hydrogens (tertiary/aromatic N) is 1. The van der Waals surface area contributed by atoms with Gasteiger partial charge in [0.15, 0.2) is 11.5 Å². The summed E-state index contributed by atoms with van der Waals surface area (Å²) in [6.45, 7) is 0. The van der Waals surface area contributed by atoms with Crippen LogP contribution in [0.25, 0.3) is 0 Å². The van der Waals surface area contributed by atoms with Crippen molar-refractivity contribution in [3.8, 4) is 17.2 Å². The van der Waals surface area contributed by atoms with Crippen LogP contribution in [0.1, 0.15) is 5.56 Å². The number of hydrogen-bond acceptors (Lipinski definition) is 5. The molecule has 1 heterocycles. The van der Waals surface area contributed by atoms with E-state index in [4.69, 9.17) is 21.1 Å². The van der Waals surface area contributed by atoms with E-state index in [2.05, 4.69) is 9.71 Å². The SMILES string of the molecule is COc1cc(NS(=O)(=O)c2ccc(C(F)(F)F)cc2)ccc1Oc1cncc(Cl)c1. The van der Waals surface area contributed by atoms with E-state index < -0.39 is 21.8 Å². The van der Waals surface area contributed by atoms with Crippen LogP contribution < -0.4 is 14.2 Å². The van der Waals surface area contributed by atoms with Gasteiger partial charge >= 0.3 is 6.18 Å². The molecule has 11 heteroatoms. The minimum atomic E-state index is -4.56. The predicted octanol–water partition coefficient (Wildman–Crippen LogP) is 5.36. The molecule has 0 saturated carbocycles. The summed E-state index contributed by atoms with van der Waals surface area (Å²) in [7, 11) is -2.75. The van der Waals surface area contributed by atoms with Gasteiger partial charge in [0, 0.05) is 18.3 Å². The average Bonchev–Trinajstić information content (AvgIpc) is 2.68. The second kappa shape index (κ2) is 8.41. The lowest BCUT2D eigenvalue weighted by Gasteiger charge is -2.14. The summed E-state index contributed by atoms with van der Waals surface area (Å²) in [5.41, 5.74) is -0.816. The van der Waals surface area contributed by atoms with Gasteiger partial charge in [-0.2, -0.15) is 13.2 Å². The van der Waals surface area contributed by atoms with E-state index in [0.717, 1.165) is 12.1 Å². The summed E-state index contributed by atoms with van der Waals surface area (Å²) >= 11 is 5.86. The number of sulfonamides is 1. The Balaban J connectivity index is 1.82. The van der Waals surface area contributed by atoms with Gasteiger partial charge in [-0.15, -0.1) is 0 Å². The van der Waals surface area contributed by atoms with E-state index in [1.54, 1.807) is 0 Å². The van der Waals surface area contributed by atoms with Crippen molar-refractivity contribution in [2.75, 3.05) is 11.8 Å². The van der Waals surface area contributed by atoms with Gasteiger partial charge in [0.05, 0.1) is 34.5 Å². The van der Waals surface area contributed by atoms with Gasteiger partial charge in [-0.1, -0.05) is 11.6 Å². The normalized spacial score (nSPS) is 11.8. The van der Waals surface area contributed by atoms with Gasteiger partial charge in [0.25, 0.3) is 10.0 Å². The maximum Gasteiger partial charge on any atom is 0.416 e. The Morgan fingerprint density at radius 1 is 1.00 bits per heavy atom. The zero-order valence-electron chi connectivity index (χ0n) is 15.3. The van der Waals surface area contributed by atoms with Crippen LogP contribution in [0.5, 0.6) is 17.2 Å². The van der Waals surface area contributed by atoms with Crippen molar-refractivity contribution in [1.29, 1.82) is 0 Å². The van der Waals surface area contributed by atoms with Gasteiger partial charge in [-0.25, -0.2) is 8.42 Å². The molecule has 1 N–H and O–H groups in total. The third-order valence-corrected chi connectivity index (χ3v) is 5.42. The van der Waals surface area contributed by atoms with E-state index >= 15 is 0 Å². The molecule has 3 rings (SSSR count). The van der Waals surface area contributed by atoms with Gasteiger partial charge in [0.2, 0.25) is 0 Å². The molecule has 0 fully saturated rings. The van der Waals surface area contributed by atoms with Crippen molar-refractivity contribution in [3.63, 3.8) is 0 Å². The number of methoxy groups -OCH3 is 1. The molecule has 0 atom stereocenters. The second-order valence-corrected chi connectivity index (χ2v) is 8.05. The predicted molar refractivity (Wildman–Crippen MR) is 105 cm³/mol. The lowest BCUT2D eigenvalue weighted by Crippen LogP contribution is -2.13. The van der Waals surface area contributed by atoms with E-state index in [0.29, 0.717) is 22.9 Å². The molecule has 0 amide bonds. The molecule has 0 aliphatic carbocycles. The van der Waals surface area contributed by atoms with Crippen LogP contribution in [0.3, 0.4) is 0 Å². The summed E-state index contributed by atoms with van der Waals surface area (Å²) in [6, 6.07) is 8.94. The van der Waals surface area contributed by atoms with Crippen LogP contribution in [0.2, 0.25) is 5.02 Å². The van der Waals surface area contributed by atoms with Crippen LogP contribution in [0.4, 0.5) is 18.9 Å². The Morgan fingerprint density at radius 3 is 2.30 bits per heavy atom. The fourth-order valence-corrected chi connectivity index (χ4v) is 3.64. The Kier molecular flexibility index (Phi) is 6.09. The third kappa shape index (κ3) is 5.14. The Bertz CT molecular complexity index is 1150. The molecular formula is C19H14ClF3N2O4S. The quantitative estimate of drug-likeness (QED) is 0.538. The van der Waals surface area contributed by atoms with Crippen LogP contribution >= 0.6 is 11.6 Å². The van der Waals surface area contributed by atoms with Crippen molar-refractivity contribution in [2.24, 2.45) is 0 Å². The standard InChI is InChI=1S/C19H14ClF3N2O4S/c1-28-18-9-14(4-7-17(18)29-15-8-13(20)10-24-11-15)25-30(26,27)16-5-2-12(3-6-16)19(21,22)23/h2-11,25H,1H3. The third-order valence-electron chi connectivity index (χ3n) is 3.82. The summed E-state index contributed by atoms with van der Waals surface area (Å²) in [6.07, 6.45) is -1.69. The smallest absolute Gasteiger partial charge is 0.416 e. The molecule has 0 bridgehead atoms. The number of ether oxygens (including phenoxy) is 2. The topological polar surface area (TPSA) is 77.5 Å². The molecule has 158 valence electrons. The van der Waals surface area contributed by atoms with E-state index in [9.17, 15) is 21.6 Å². The Hall–Kier alpha value is -2.98. The van der Waals surface area contributed by atoms with Crippen molar-refractivity contribution in [3.05, 3.63) is 71.5 Å². The molecule has 0 saturated heterocycles. The van der Waals surface area contributed by atoms with Crippen LogP contribution in [-0.4, -0.2) is 20.5 Å². The number of benzene rings is 2. The number of hydrogen-bond donors (Lipinski definition) is 1. The van der Waals surface area contributed by atoms with E-state index in [1.807, 2.05) is 0 Å². The molecular weight excluding hydrogens is 445 g/mol. The highest BCUT2D eigenvalue weighted by atomic mass is 35.5. The minimum Gasteiger partial charge on any atom is -0.493 e. The number of aromatic nitrogens is 1. The zero-order valence-corrected chi connectivity index (χ0v) is 16.8. The fourth-order valence-electron chi connectivity index (χ4n) is 2.43. The molecule has 0 spiro atoms. The van der Waals surface area contributed by atoms with Crippen molar-refractivity contribution in [1.82, 2.24) is 4.98 Å². The highest BCUT2D eigenvalue weighted by Crippen LogP contribution is 2.35. The van der Waals surface area contributed by atoms with Crippen molar-refractivity contribution < 1.29 is 31.1 Å². The van der Waals surface area contributed by atoms with E-state index in [1.165, 1.54) is 43.8 Å². The summed E-state index contributed by atoms with van der Waals surface area (Å²) in [5, 5.41) is 0.368. The second-order valence-electron chi connectivity index (χ2n) is 5.93. The first-order valence-corrected chi connectivity index (χ1v) is 10.1. The van der Waals surface area contributed by atoms with Gasteiger partial charge in [-0.3, -0.25) is 9.71 Å². The average molecular weight is 459 g/mol. The first-order chi connectivity index (χ1) is 14.1. The number of alkyl halides is 3. The molecule has 6 nitrogen and oxygen atoms in total. The van der Waals surface area contributed by atoms with Crippen LogP contribution in [0, 0.1) is 0 Å². The maximum atomic E-state index is 12.7. The molecule has 0 unspecified atom stereocenters. The molecule has 0 aliphatic rings. The maximum absolute atomic E-state index is 12.7. The van der Waals surface area contributed by atoms with Gasteiger partial charge in [-0.05, 0) is 36.4 Å². The summed E-state index contributed by atoms with van der Waals surface area (Å²) in [5.74, 6) is 0.834. The number of halogens is 4. The summed E-state index contributed by atoms with van der Waals surface area (Å²) in [4.78, 5) is 3.58. The lowest BCUT2D eigenvalue weighted by molar-refractivity contribution is -0.137. The monoisotopic (exact) mass is 458 g/mol. The molecule has 0 radical (unpaired) electrons. The lowest BCUT2D eigenvalue weighted by atomic mass is 10.2. The highest BCUT2D eigenvalue weighted by Gasteiger charge is 2.30. The number of pyridine rings is 1. The largest absolute Gasteiger partial charge is 0.493 e. The highest BCUT2D eigenvalue weighted by molar-refractivity contribution is 7.92. The number of anilines is 1. The van der Waals surface area contributed by atoms with Crippen LogP contribution in [-0.2, 0) is 16.2 Å². The first kappa shape index (κ1) is 21.7.